The highest BCUT2D eigenvalue weighted by molar-refractivity contribution is 5.77. The smallest absolute Gasteiger partial charge is 0.309 e. The number of ether oxygens (including phenoxy) is 2. The van der Waals surface area contributed by atoms with E-state index in [9.17, 15) is 9.59 Å². The molecule has 5 heteroatoms. The number of hydrogen-bond acceptors (Lipinski definition) is 4. The van der Waals surface area contributed by atoms with Crippen molar-refractivity contribution in [2.45, 2.75) is 40.0 Å². The molecule has 0 unspecified atom stereocenters. The quantitative estimate of drug-likeness (QED) is 0.751. The van der Waals surface area contributed by atoms with Gasteiger partial charge in [-0.1, -0.05) is 12.1 Å². The van der Waals surface area contributed by atoms with Crippen molar-refractivity contribution in [3.8, 4) is 5.75 Å². The molecule has 1 aromatic carbocycles. The highest BCUT2D eigenvalue weighted by atomic mass is 16.5. The summed E-state index contributed by atoms with van der Waals surface area (Å²) in [5.41, 5.74) is 2.29. The van der Waals surface area contributed by atoms with Crippen molar-refractivity contribution in [2.75, 3.05) is 26.3 Å². The first-order valence-corrected chi connectivity index (χ1v) is 8.66. The highest BCUT2D eigenvalue weighted by Crippen LogP contribution is 2.22. The largest absolute Gasteiger partial charge is 0.493 e. The van der Waals surface area contributed by atoms with Crippen molar-refractivity contribution in [1.82, 2.24) is 4.90 Å². The van der Waals surface area contributed by atoms with Gasteiger partial charge in [0.1, 0.15) is 5.75 Å². The summed E-state index contributed by atoms with van der Waals surface area (Å²) in [5.74, 6) is 0.717. The van der Waals surface area contributed by atoms with Crippen molar-refractivity contribution in [3.05, 3.63) is 29.3 Å². The number of amides is 1. The third kappa shape index (κ3) is 4.73. The second kappa shape index (κ2) is 8.71. The molecule has 0 atom stereocenters. The second-order valence-corrected chi connectivity index (χ2v) is 6.20. The molecule has 1 saturated heterocycles. The molecule has 1 aliphatic rings. The van der Waals surface area contributed by atoms with Crippen molar-refractivity contribution in [3.63, 3.8) is 0 Å². The zero-order valence-corrected chi connectivity index (χ0v) is 14.8. The molecule has 0 saturated carbocycles. The SMILES string of the molecule is CCOC(=O)C1CCN(C(=O)CCOc2cccc(C)c2C)CC1. The summed E-state index contributed by atoms with van der Waals surface area (Å²) in [6, 6.07) is 5.93. The van der Waals surface area contributed by atoms with E-state index in [0.717, 1.165) is 11.3 Å². The highest BCUT2D eigenvalue weighted by Gasteiger charge is 2.27. The molecular formula is C19H27NO4. The van der Waals surface area contributed by atoms with Crippen molar-refractivity contribution in [1.29, 1.82) is 0 Å². The van der Waals surface area contributed by atoms with E-state index in [2.05, 4.69) is 0 Å². The van der Waals surface area contributed by atoms with Gasteiger partial charge in [0.05, 0.1) is 25.6 Å². The molecule has 0 bridgehead atoms. The predicted molar refractivity (Wildman–Crippen MR) is 92.0 cm³/mol. The fourth-order valence-electron chi connectivity index (χ4n) is 2.91. The van der Waals surface area contributed by atoms with Crippen LogP contribution in [0.2, 0.25) is 0 Å². The van der Waals surface area contributed by atoms with Crippen LogP contribution in [0.4, 0.5) is 0 Å². The van der Waals surface area contributed by atoms with Gasteiger partial charge in [-0.15, -0.1) is 0 Å². The zero-order chi connectivity index (χ0) is 17.5. The molecule has 0 radical (unpaired) electrons. The number of benzene rings is 1. The van der Waals surface area contributed by atoms with Crippen LogP contribution in [-0.4, -0.2) is 43.1 Å². The van der Waals surface area contributed by atoms with E-state index in [1.165, 1.54) is 5.56 Å². The van der Waals surface area contributed by atoms with Crippen LogP contribution in [0.3, 0.4) is 0 Å². The lowest BCUT2D eigenvalue weighted by Crippen LogP contribution is -2.41. The van der Waals surface area contributed by atoms with Crippen LogP contribution in [-0.2, 0) is 14.3 Å². The molecular weight excluding hydrogens is 306 g/mol. The Bertz CT molecular complexity index is 577. The van der Waals surface area contributed by atoms with Crippen LogP contribution in [0.1, 0.15) is 37.3 Å². The van der Waals surface area contributed by atoms with Crippen LogP contribution in [0.5, 0.6) is 5.75 Å². The molecule has 1 aliphatic heterocycles. The number of rotatable bonds is 6. The molecule has 1 fully saturated rings. The Balaban J connectivity index is 1.74. The van der Waals surface area contributed by atoms with Gasteiger partial charge in [-0.3, -0.25) is 9.59 Å². The number of esters is 1. The Morgan fingerprint density at radius 3 is 2.58 bits per heavy atom. The normalized spacial score (nSPS) is 15.2. The Labute approximate surface area is 143 Å². The summed E-state index contributed by atoms with van der Waals surface area (Å²) < 4.78 is 10.8. The van der Waals surface area contributed by atoms with Gasteiger partial charge in [-0.05, 0) is 50.8 Å². The first-order chi connectivity index (χ1) is 11.5. The minimum Gasteiger partial charge on any atom is -0.493 e. The molecule has 1 aromatic rings. The van der Waals surface area contributed by atoms with Crippen molar-refractivity contribution >= 4 is 11.9 Å². The minimum atomic E-state index is -0.136. The molecule has 5 nitrogen and oxygen atoms in total. The third-order valence-corrected chi connectivity index (χ3v) is 4.60. The zero-order valence-electron chi connectivity index (χ0n) is 14.8. The van der Waals surface area contributed by atoms with Gasteiger partial charge in [0, 0.05) is 13.1 Å². The van der Waals surface area contributed by atoms with E-state index in [4.69, 9.17) is 9.47 Å². The van der Waals surface area contributed by atoms with E-state index in [0.29, 0.717) is 45.6 Å². The molecule has 1 heterocycles. The van der Waals surface area contributed by atoms with Gasteiger partial charge < -0.3 is 14.4 Å². The number of nitrogens with zero attached hydrogens (tertiary/aromatic N) is 1. The van der Waals surface area contributed by atoms with Crippen LogP contribution in [0.25, 0.3) is 0 Å². The lowest BCUT2D eigenvalue weighted by atomic mass is 9.97. The number of aryl methyl sites for hydroxylation is 1. The maximum Gasteiger partial charge on any atom is 0.309 e. The van der Waals surface area contributed by atoms with Crippen LogP contribution < -0.4 is 4.74 Å². The molecule has 24 heavy (non-hydrogen) atoms. The Morgan fingerprint density at radius 1 is 1.21 bits per heavy atom. The summed E-state index contributed by atoms with van der Waals surface area (Å²) >= 11 is 0. The topological polar surface area (TPSA) is 55.8 Å². The van der Waals surface area contributed by atoms with E-state index in [1.807, 2.05) is 43.9 Å². The second-order valence-electron chi connectivity index (χ2n) is 6.20. The molecule has 0 aliphatic carbocycles. The molecule has 1 amide bonds. The van der Waals surface area contributed by atoms with Gasteiger partial charge in [-0.25, -0.2) is 0 Å². The van der Waals surface area contributed by atoms with Crippen molar-refractivity contribution in [2.24, 2.45) is 5.92 Å². The van der Waals surface area contributed by atoms with Gasteiger partial charge >= 0.3 is 5.97 Å². The molecule has 0 spiro atoms. The van der Waals surface area contributed by atoms with Crippen LogP contribution >= 0.6 is 0 Å². The Kier molecular flexibility index (Phi) is 6.64. The first kappa shape index (κ1) is 18.3. The van der Waals surface area contributed by atoms with Crippen LogP contribution in [0, 0.1) is 19.8 Å². The lowest BCUT2D eigenvalue weighted by Gasteiger charge is -2.31. The fourth-order valence-corrected chi connectivity index (χ4v) is 2.91. The van der Waals surface area contributed by atoms with E-state index < -0.39 is 0 Å². The summed E-state index contributed by atoms with van der Waals surface area (Å²) in [6.45, 7) is 7.90. The molecule has 0 N–H and O–H groups in total. The van der Waals surface area contributed by atoms with Crippen molar-refractivity contribution < 1.29 is 19.1 Å². The van der Waals surface area contributed by atoms with E-state index >= 15 is 0 Å². The summed E-state index contributed by atoms with van der Waals surface area (Å²) in [4.78, 5) is 25.8. The average molecular weight is 333 g/mol. The maximum absolute atomic E-state index is 12.3. The standard InChI is InChI=1S/C19H27NO4/c1-4-23-19(22)16-8-11-20(12-9-16)18(21)10-13-24-17-7-5-6-14(2)15(17)3/h5-7,16H,4,8-13H2,1-3H3. The number of piperidine rings is 1. The van der Waals surface area contributed by atoms with E-state index in [1.54, 1.807) is 0 Å². The summed E-state index contributed by atoms with van der Waals surface area (Å²) in [6.07, 6.45) is 1.72. The Morgan fingerprint density at radius 2 is 1.92 bits per heavy atom. The monoisotopic (exact) mass is 333 g/mol. The maximum atomic E-state index is 12.3. The molecule has 132 valence electrons. The summed E-state index contributed by atoms with van der Waals surface area (Å²) in [5, 5.41) is 0. The molecule has 2 rings (SSSR count). The van der Waals surface area contributed by atoms with Gasteiger partial charge in [0.2, 0.25) is 5.91 Å². The third-order valence-electron chi connectivity index (χ3n) is 4.60. The number of carbonyl (C=O) groups excluding carboxylic acids is 2. The minimum absolute atomic E-state index is 0.0693. The fraction of sp³-hybridized carbons (Fsp3) is 0.579. The number of hydrogen-bond donors (Lipinski definition) is 0. The van der Waals surface area contributed by atoms with Gasteiger partial charge in [0.25, 0.3) is 0 Å². The average Bonchev–Trinajstić information content (AvgIpc) is 2.59. The van der Waals surface area contributed by atoms with Gasteiger partial charge in [0.15, 0.2) is 0 Å². The Hall–Kier alpha value is -2.04. The van der Waals surface area contributed by atoms with Crippen LogP contribution in [0.15, 0.2) is 18.2 Å². The predicted octanol–water partition coefficient (Wildman–Crippen LogP) is 2.87. The van der Waals surface area contributed by atoms with E-state index in [-0.39, 0.29) is 17.8 Å². The molecule has 0 aromatic heterocycles. The number of likely N-dealkylation sites (tertiary alicyclic amines) is 1. The summed E-state index contributed by atoms with van der Waals surface area (Å²) in [7, 11) is 0. The first-order valence-electron chi connectivity index (χ1n) is 8.66. The lowest BCUT2D eigenvalue weighted by molar-refractivity contribution is -0.151. The number of carbonyl (C=O) groups is 2. The van der Waals surface area contributed by atoms with Gasteiger partial charge in [-0.2, -0.15) is 0 Å².